The van der Waals surface area contributed by atoms with Crippen molar-refractivity contribution in [2.75, 3.05) is 19.1 Å². The van der Waals surface area contributed by atoms with Crippen molar-refractivity contribution in [2.45, 2.75) is 12.5 Å². The molecule has 1 aromatic rings. The first-order valence-electron chi connectivity index (χ1n) is 4.80. The molecule has 0 saturated carbocycles. The number of nitrogens with one attached hydrogen (secondary N) is 1. The number of benzene rings is 1. The third-order valence-corrected chi connectivity index (χ3v) is 3.43. The summed E-state index contributed by atoms with van der Waals surface area (Å²) in [5.74, 6) is 0.885. The van der Waals surface area contributed by atoms with E-state index in [-0.39, 0.29) is 11.9 Å². The molecule has 0 saturated heterocycles. The summed E-state index contributed by atoms with van der Waals surface area (Å²) in [5.41, 5.74) is 0.737. The Morgan fingerprint density at radius 2 is 2.27 bits per heavy atom. The van der Waals surface area contributed by atoms with Gasteiger partial charge in [0.1, 0.15) is 5.82 Å². The molecule has 1 N–H and O–H groups in total. The van der Waals surface area contributed by atoms with Crippen molar-refractivity contribution in [3.63, 3.8) is 0 Å². The van der Waals surface area contributed by atoms with E-state index in [9.17, 15) is 4.39 Å². The van der Waals surface area contributed by atoms with Crippen LogP contribution in [0.25, 0.3) is 0 Å². The third-order valence-electron chi connectivity index (χ3n) is 2.29. The Labute approximate surface area is 103 Å². The number of rotatable bonds is 5. The highest BCUT2D eigenvalue weighted by atomic mass is 79.9. The van der Waals surface area contributed by atoms with Crippen LogP contribution in [0.4, 0.5) is 4.39 Å². The number of hydrogen-bond acceptors (Lipinski definition) is 2. The van der Waals surface area contributed by atoms with Crippen LogP contribution in [-0.2, 0) is 0 Å². The standard InChI is InChI=1S/C11H15BrFNS/c1-14-11(5-6-15-2)9-7-8(12)3-4-10(9)13/h3-4,7,11,14H,5-6H2,1-2H3. The number of hydrogen-bond donors (Lipinski definition) is 1. The summed E-state index contributed by atoms with van der Waals surface area (Å²) in [6, 6.07) is 5.16. The average Bonchev–Trinajstić information content (AvgIpc) is 2.24. The Balaban J connectivity index is 2.85. The van der Waals surface area contributed by atoms with Gasteiger partial charge in [-0.1, -0.05) is 15.9 Å². The average molecular weight is 292 g/mol. The lowest BCUT2D eigenvalue weighted by atomic mass is 10.0. The van der Waals surface area contributed by atoms with Crippen LogP contribution in [0, 0.1) is 5.82 Å². The molecule has 0 fully saturated rings. The molecule has 1 aromatic carbocycles. The lowest BCUT2D eigenvalue weighted by Crippen LogP contribution is -2.18. The predicted molar refractivity (Wildman–Crippen MR) is 68.9 cm³/mol. The quantitative estimate of drug-likeness (QED) is 0.890. The Hall–Kier alpha value is -0.0600. The molecule has 0 aliphatic rings. The van der Waals surface area contributed by atoms with E-state index in [1.165, 1.54) is 6.07 Å². The first kappa shape index (κ1) is 13.0. The van der Waals surface area contributed by atoms with Gasteiger partial charge in [0.25, 0.3) is 0 Å². The van der Waals surface area contributed by atoms with Gasteiger partial charge in [-0.3, -0.25) is 0 Å². The van der Waals surface area contributed by atoms with Gasteiger partial charge in [0.15, 0.2) is 0 Å². The van der Waals surface area contributed by atoms with Gasteiger partial charge in [0, 0.05) is 16.1 Å². The summed E-state index contributed by atoms with van der Waals surface area (Å²) in [6.45, 7) is 0. The highest BCUT2D eigenvalue weighted by Gasteiger charge is 2.13. The molecule has 0 radical (unpaired) electrons. The van der Waals surface area contributed by atoms with Crippen molar-refractivity contribution >= 4 is 27.7 Å². The summed E-state index contributed by atoms with van der Waals surface area (Å²) in [7, 11) is 1.87. The summed E-state index contributed by atoms with van der Waals surface area (Å²) >= 11 is 5.14. The van der Waals surface area contributed by atoms with E-state index in [1.54, 1.807) is 17.8 Å². The first-order chi connectivity index (χ1) is 7.19. The van der Waals surface area contributed by atoms with E-state index in [2.05, 4.69) is 27.5 Å². The minimum absolute atomic E-state index is 0.0925. The van der Waals surface area contributed by atoms with Gasteiger partial charge in [-0.05, 0) is 43.7 Å². The zero-order valence-corrected chi connectivity index (χ0v) is 11.3. The molecule has 84 valence electrons. The van der Waals surface area contributed by atoms with Gasteiger partial charge in [-0.25, -0.2) is 4.39 Å². The maximum absolute atomic E-state index is 13.6. The fourth-order valence-electron chi connectivity index (χ4n) is 1.47. The zero-order valence-electron chi connectivity index (χ0n) is 8.89. The molecule has 1 atom stereocenters. The molecule has 0 heterocycles. The molecule has 1 unspecified atom stereocenters. The highest BCUT2D eigenvalue weighted by molar-refractivity contribution is 9.10. The van der Waals surface area contributed by atoms with Gasteiger partial charge in [-0.2, -0.15) is 11.8 Å². The molecular weight excluding hydrogens is 277 g/mol. The molecule has 1 nitrogen and oxygen atoms in total. The number of halogens is 2. The van der Waals surface area contributed by atoms with Crippen molar-refractivity contribution in [2.24, 2.45) is 0 Å². The molecule has 0 aliphatic heterocycles. The Morgan fingerprint density at radius 1 is 1.53 bits per heavy atom. The molecule has 4 heteroatoms. The fourth-order valence-corrected chi connectivity index (χ4v) is 2.32. The van der Waals surface area contributed by atoms with Gasteiger partial charge in [0.2, 0.25) is 0 Å². The second kappa shape index (κ2) is 6.51. The summed E-state index contributed by atoms with van der Waals surface area (Å²) in [5, 5.41) is 3.15. The van der Waals surface area contributed by atoms with Crippen LogP contribution in [0.15, 0.2) is 22.7 Å². The van der Waals surface area contributed by atoms with E-state index in [0.29, 0.717) is 0 Å². The first-order valence-corrected chi connectivity index (χ1v) is 6.99. The molecule has 1 rings (SSSR count). The van der Waals surface area contributed by atoms with Crippen LogP contribution in [-0.4, -0.2) is 19.1 Å². The van der Waals surface area contributed by atoms with Crippen LogP contribution in [0.5, 0.6) is 0 Å². The minimum atomic E-state index is -0.140. The summed E-state index contributed by atoms with van der Waals surface area (Å²) in [4.78, 5) is 0. The van der Waals surface area contributed by atoms with Crippen LogP contribution in [0.2, 0.25) is 0 Å². The minimum Gasteiger partial charge on any atom is -0.313 e. The lowest BCUT2D eigenvalue weighted by molar-refractivity contribution is 0.527. The third kappa shape index (κ3) is 3.78. The molecule has 0 aliphatic carbocycles. The van der Waals surface area contributed by atoms with Crippen LogP contribution >= 0.6 is 27.7 Å². The predicted octanol–water partition coefficient (Wildman–Crippen LogP) is 3.60. The van der Waals surface area contributed by atoms with Crippen molar-refractivity contribution in [1.29, 1.82) is 0 Å². The van der Waals surface area contributed by atoms with Gasteiger partial charge < -0.3 is 5.32 Å². The highest BCUT2D eigenvalue weighted by Crippen LogP contribution is 2.24. The van der Waals surface area contributed by atoms with E-state index < -0.39 is 0 Å². The zero-order chi connectivity index (χ0) is 11.3. The van der Waals surface area contributed by atoms with E-state index in [0.717, 1.165) is 22.2 Å². The smallest absolute Gasteiger partial charge is 0.128 e. The van der Waals surface area contributed by atoms with Crippen molar-refractivity contribution in [3.05, 3.63) is 34.1 Å². The van der Waals surface area contributed by atoms with E-state index in [1.807, 2.05) is 13.1 Å². The topological polar surface area (TPSA) is 12.0 Å². The normalized spacial score (nSPS) is 12.8. The SMILES string of the molecule is CNC(CCSC)c1cc(Br)ccc1F. The van der Waals surface area contributed by atoms with Crippen LogP contribution in [0.3, 0.4) is 0 Å². The maximum Gasteiger partial charge on any atom is 0.128 e. The van der Waals surface area contributed by atoms with Gasteiger partial charge in [0.05, 0.1) is 0 Å². The van der Waals surface area contributed by atoms with Crippen molar-refractivity contribution < 1.29 is 4.39 Å². The largest absolute Gasteiger partial charge is 0.313 e. The molecule has 0 bridgehead atoms. The van der Waals surface area contributed by atoms with Crippen molar-refractivity contribution in [3.8, 4) is 0 Å². The summed E-state index contributed by atoms with van der Waals surface area (Å²) in [6.07, 6.45) is 3.00. The fraction of sp³-hybridized carbons (Fsp3) is 0.455. The van der Waals surface area contributed by atoms with E-state index >= 15 is 0 Å². The van der Waals surface area contributed by atoms with Crippen LogP contribution < -0.4 is 5.32 Å². The monoisotopic (exact) mass is 291 g/mol. The number of thioether (sulfide) groups is 1. The molecule has 15 heavy (non-hydrogen) atoms. The molecule has 0 spiro atoms. The Morgan fingerprint density at radius 3 is 2.87 bits per heavy atom. The second-order valence-electron chi connectivity index (χ2n) is 3.29. The maximum atomic E-state index is 13.6. The second-order valence-corrected chi connectivity index (χ2v) is 5.19. The lowest BCUT2D eigenvalue weighted by Gasteiger charge is -2.17. The molecule has 0 amide bonds. The molecule has 0 aromatic heterocycles. The van der Waals surface area contributed by atoms with E-state index in [4.69, 9.17) is 0 Å². The van der Waals surface area contributed by atoms with Gasteiger partial charge in [-0.15, -0.1) is 0 Å². The Bertz CT molecular complexity index is 319. The van der Waals surface area contributed by atoms with Gasteiger partial charge >= 0.3 is 0 Å². The van der Waals surface area contributed by atoms with Crippen LogP contribution in [0.1, 0.15) is 18.0 Å². The molecular formula is C11H15BrFNS. The summed E-state index contributed by atoms with van der Waals surface area (Å²) < 4.78 is 14.5. The van der Waals surface area contributed by atoms with Crippen molar-refractivity contribution in [1.82, 2.24) is 5.32 Å². The Kier molecular flexibility index (Phi) is 5.64.